The van der Waals surface area contributed by atoms with Crippen LogP contribution in [0.3, 0.4) is 0 Å². The summed E-state index contributed by atoms with van der Waals surface area (Å²) in [4.78, 5) is 16.0. The molecule has 0 aromatic carbocycles. The zero-order valence-corrected chi connectivity index (χ0v) is 13.1. The van der Waals surface area contributed by atoms with Crippen LogP contribution in [0.15, 0.2) is 18.3 Å². The Balaban J connectivity index is 2.84. The van der Waals surface area contributed by atoms with Crippen LogP contribution in [-0.2, 0) is 0 Å². The van der Waals surface area contributed by atoms with Crippen LogP contribution in [0.5, 0.6) is 0 Å². The number of carbonyl (C=O) groups is 1. The number of nitrogens with zero attached hydrogens (tertiary/aromatic N) is 2. The van der Waals surface area contributed by atoms with E-state index in [-0.39, 0.29) is 11.4 Å². The van der Waals surface area contributed by atoms with E-state index >= 15 is 0 Å². The van der Waals surface area contributed by atoms with Crippen molar-refractivity contribution in [1.29, 1.82) is 5.26 Å². The lowest BCUT2D eigenvalue weighted by Crippen LogP contribution is -2.51. The Morgan fingerprint density at radius 2 is 2.17 bits per heavy atom. The highest BCUT2D eigenvalue weighted by Gasteiger charge is 2.28. The van der Waals surface area contributed by atoms with E-state index < -0.39 is 0 Å². The number of hydrogen-bond donors (Lipinski definition) is 1. The van der Waals surface area contributed by atoms with Gasteiger partial charge in [0.05, 0.1) is 11.1 Å². The molecular formula is C12H13Br2N3O. The lowest BCUT2D eigenvalue weighted by atomic mass is 10.0. The first-order valence-electron chi connectivity index (χ1n) is 5.41. The number of hydrogen-bond acceptors (Lipinski definition) is 3. The van der Waals surface area contributed by atoms with Crippen molar-refractivity contribution in [1.82, 2.24) is 10.3 Å². The molecular weight excluding hydrogens is 362 g/mol. The molecule has 1 aromatic rings. The van der Waals surface area contributed by atoms with Gasteiger partial charge in [-0.3, -0.25) is 4.79 Å². The van der Waals surface area contributed by atoms with E-state index in [0.717, 1.165) is 6.42 Å². The fourth-order valence-electron chi connectivity index (χ4n) is 1.28. The third kappa shape index (κ3) is 3.53. The monoisotopic (exact) mass is 373 g/mol. The van der Waals surface area contributed by atoms with Gasteiger partial charge in [0.2, 0.25) is 0 Å². The van der Waals surface area contributed by atoms with Crippen LogP contribution in [0.1, 0.15) is 29.4 Å². The Hall–Kier alpha value is -0.930. The van der Waals surface area contributed by atoms with Gasteiger partial charge in [0.25, 0.3) is 5.91 Å². The molecule has 0 aliphatic rings. The maximum Gasteiger partial charge on any atom is 0.270 e. The van der Waals surface area contributed by atoms with Crippen molar-refractivity contribution < 1.29 is 4.79 Å². The summed E-state index contributed by atoms with van der Waals surface area (Å²) in [7, 11) is 0. The number of nitriles is 1. The van der Waals surface area contributed by atoms with Crippen LogP contribution in [0, 0.1) is 11.3 Å². The standard InChI is InChI=1S/C12H13Br2N3O/c1-2-12(7-13,8-14)17-11(18)10-4-3-9(5-15)6-16-10/h3-4,6H,2,7-8H2,1H3,(H,17,18). The van der Waals surface area contributed by atoms with Gasteiger partial charge in [-0.2, -0.15) is 5.26 Å². The highest BCUT2D eigenvalue weighted by Crippen LogP contribution is 2.17. The minimum atomic E-state index is -0.327. The van der Waals surface area contributed by atoms with Gasteiger partial charge < -0.3 is 5.32 Å². The van der Waals surface area contributed by atoms with Crippen molar-refractivity contribution in [3.05, 3.63) is 29.6 Å². The van der Waals surface area contributed by atoms with Crippen LogP contribution < -0.4 is 5.32 Å². The summed E-state index contributed by atoms with van der Waals surface area (Å²) in [6, 6.07) is 5.10. The summed E-state index contributed by atoms with van der Waals surface area (Å²) < 4.78 is 0. The van der Waals surface area contributed by atoms with Crippen LogP contribution >= 0.6 is 31.9 Å². The normalized spacial score (nSPS) is 10.8. The molecule has 0 saturated heterocycles. The maximum absolute atomic E-state index is 12.0. The summed E-state index contributed by atoms with van der Waals surface area (Å²) in [5.74, 6) is -0.236. The number of aromatic nitrogens is 1. The van der Waals surface area contributed by atoms with Crippen molar-refractivity contribution >= 4 is 37.8 Å². The number of carbonyl (C=O) groups excluding carboxylic acids is 1. The molecule has 4 nitrogen and oxygen atoms in total. The van der Waals surface area contributed by atoms with Crippen LogP contribution in [-0.4, -0.2) is 27.1 Å². The molecule has 0 unspecified atom stereocenters. The minimum Gasteiger partial charge on any atom is -0.344 e. The molecule has 1 N–H and O–H groups in total. The lowest BCUT2D eigenvalue weighted by Gasteiger charge is -2.29. The SMILES string of the molecule is CCC(CBr)(CBr)NC(=O)c1ccc(C#N)cn1. The second-order valence-electron chi connectivity index (χ2n) is 3.90. The Kier molecular flexibility index (Phi) is 5.76. The number of pyridine rings is 1. The molecule has 1 heterocycles. The molecule has 1 amide bonds. The van der Waals surface area contributed by atoms with E-state index in [0.29, 0.717) is 21.9 Å². The first kappa shape index (κ1) is 15.1. The van der Waals surface area contributed by atoms with Gasteiger partial charge >= 0.3 is 0 Å². The summed E-state index contributed by atoms with van der Waals surface area (Å²) in [5.41, 5.74) is 0.426. The Morgan fingerprint density at radius 1 is 1.50 bits per heavy atom. The fourth-order valence-corrected chi connectivity index (χ4v) is 3.28. The second-order valence-corrected chi connectivity index (χ2v) is 5.02. The Bertz CT molecular complexity index is 441. The number of halogens is 2. The zero-order valence-electron chi connectivity index (χ0n) is 9.91. The molecule has 96 valence electrons. The van der Waals surface area contributed by atoms with Crippen molar-refractivity contribution in [2.45, 2.75) is 18.9 Å². The number of alkyl halides is 2. The molecule has 18 heavy (non-hydrogen) atoms. The van der Waals surface area contributed by atoms with Gasteiger partial charge in [0.15, 0.2) is 0 Å². The van der Waals surface area contributed by atoms with E-state index in [9.17, 15) is 4.79 Å². The quantitative estimate of drug-likeness (QED) is 0.805. The van der Waals surface area contributed by atoms with Crippen molar-refractivity contribution in [3.8, 4) is 6.07 Å². The van der Waals surface area contributed by atoms with Gasteiger partial charge in [-0.1, -0.05) is 38.8 Å². The molecule has 0 spiro atoms. The molecule has 1 aromatic heterocycles. The molecule has 0 aliphatic heterocycles. The number of rotatable bonds is 5. The molecule has 0 radical (unpaired) electrons. The van der Waals surface area contributed by atoms with Gasteiger partial charge in [0, 0.05) is 16.9 Å². The Morgan fingerprint density at radius 3 is 2.56 bits per heavy atom. The lowest BCUT2D eigenvalue weighted by molar-refractivity contribution is 0.0910. The predicted octanol–water partition coefficient (Wildman–Crippen LogP) is 2.62. The van der Waals surface area contributed by atoms with Gasteiger partial charge in [-0.25, -0.2) is 4.98 Å². The van der Waals surface area contributed by atoms with E-state index in [2.05, 4.69) is 42.2 Å². The zero-order chi connectivity index (χ0) is 13.6. The van der Waals surface area contributed by atoms with Crippen LogP contribution in [0.4, 0.5) is 0 Å². The minimum absolute atomic E-state index is 0.236. The number of nitrogens with one attached hydrogen (secondary N) is 1. The van der Waals surface area contributed by atoms with E-state index in [1.165, 1.54) is 6.20 Å². The summed E-state index contributed by atoms with van der Waals surface area (Å²) >= 11 is 6.82. The van der Waals surface area contributed by atoms with Gasteiger partial charge in [-0.15, -0.1) is 0 Å². The summed E-state index contributed by atoms with van der Waals surface area (Å²) in [6.07, 6.45) is 2.19. The predicted molar refractivity (Wildman–Crippen MR) is 77.0 cm³/mol. The highest BCUT2D eigenvalue weighted by atomic mass is 79.9. The smallest absolute Gasteiger partial charge is 0.270 e. The van der Waals surface area contributed by atoms with Crippen molar-refractivity contribution in [2.24, 2.45) is 0 Å². The molecule has 0 bridgehead atoms. The fraction of sp³-hybridized carbons (Fsp3) is 0.417. The summed E-state index contributed by atoms with van der Waals surface area (Å²) in [5, 5.41) is 12.9. The van der Waals surface area contributed by atoms with Gasteiger partial charge in [0.1, 0.15) is 11.8 Å². The molecule has 0 fully saturated rings. The summed E-state index contributed by atoms with van der Waals surface area (Å²) in [6.45, 7) is 2.01. The molecule has 0 saturated carbocycles. The first-order chi connectivity index (χ1) is 8.60. The van der Waals surface area contributed by atoms with Gasteiger partial charge in [-0.05, 0) is 18.6 Å². The Labute approximate surface area is 123 Å². The number of amides is 1. The van der Waals surface area contributed by atoms with Crippen molar-refractivity contribution in [2.75, 3.05) is 10.7 Å². The first-order valence-corrected chi connectivity index (χ1v) is 7.65. The average Bonchev–Trinajstić information content (AvgIpc) is 2.45. The molecule has 6 heteroatoms. The van der Waals surface area contributed by atoms with E-state index in [4.69, 9.17) is 5.26 Å². The molecule has 1 rings (SSSR count). The largest absolute Gasteiger partial charge is 0.344 e. The van der Waals surface area contributed by atoms with E-state index in [1.54, 1.807) is 12.1 Å². The molecule has 0 atom stereocenters. The van der Waals surface area contributed by atoms with E-state index in [1.807, 2.05) is 13.0 Å². The third-order valence-electron chi connectivity index (χ3n) is 2.69. The van der Waals surface area contributed by atoms with Crippen LogP contribution in [0.25, 0.3) is 0 Å². The average molecular weight is 375 g/mol. The second kappa shape index (κ2) is 6.86. The van der Waals surface area contributed by atoms with Crippen LogP contribution in [0.2, 0.25) is 0 Å². The van der Waals surface area contributed by atoms with Crippen molar-refractivity contribution in [3.63, 3.8) is 0 Å². The topological polar surface area (TPSA) is 65.8 Å². The molecule has 0 aliphatic carbocycles. The third-order valence-corrected chi connectivity index (χ3v) is 4.84. The maximum atomic E-state index is 12.0. The highest BCUT2D eigenvalue weighted by molar-refractivity contribution is 9.09.